The summed E-state index contributed by atoms with van der Waals surface area (Å²) in [7, 11) is 1.85. The molecule has 0 unspecified atom stereocenters. The van der Waals surface area contributed by atoms with Gasteiger partial charge in [-0.15, -0.1) is 0 Å². The maximum atomic E-state index is 12.0. The highest BCUT2D eigenvalue weighted by molar-refractivity contribution is 6.14. The highest BCUT2D eigenvalue weighted by Crippen LogP contribution is 2.23. The highest BCUT2D eigenvalue weighted by atomic mass is 16.6. The predicted octanol–water partition coefficient (Wildman–Crippen LogP) is 5.06. The van der Waals surface area contributed by atoms with Crippen molar-refractivity contribution in [1.29, 1.82) is 5.41 Å². The quantitative estimate of drug-likeness (QED) is 0.557. The van der Waals surface area contributed by atoms with Crippen LogP contribution in [0.5, 0.6) is 5.75 Å². The monoisotopic (exact) mass is 359 g/mol. The van der Waals surface area contributed by atoms with Crippen molar-refractivity contribution < 1.29 is 9.53 Å². The molecule has 3 N–H and O–H groups in total. The molecule has 0 saturated carbocycles. The number of hydrogen-bond acceptors (Lipinski definition) is 4. The molecular formula is C22H21N3O2. The number of aryl methyl sites for hydroxylation is 1. The summed E-state index contributed by atoms with van der Waals surface area (Å²) >= 11 is 0. The summed E-state index contributed by atoms with van der Waals surface area (Å²) < 4.78 is 5.21. The van der Waals surface area contributed by atoms with E-state index in [1.165, 1.54) is 0 Å². The fourth-order valence-corrected chi connectivity index (χ4v) is 2.82. The zero-order chi connectivity index (χ0) is 19.2. The lowest BCUT2D eigenvalue weighted by molar-refractivity contribution is 0.215. The van der Waals surface area contributed by atoms with Crippen LogP contribution in [0.1, 0.15) is 16.7 Å². The number of hydrogen-bond donors (Lipinski definition) is 3. The number of anilines is 2. The summed E-state index contributed by atoms with van der Waals surface area (Å²) in [5, 5.41) is 14.4. The van der Waals surface area contributed by atoms with Crippen LogP contribution in [-0.4, -0.2) is 18.9 Å². The molecule has 0 radical (unpaired) electrons. The number of carbonyl (C=O) groups excluding carboxylic acids is 1. The average Bonchev–Trinajstić information content (AvgIpc) is 2.68. The standard InChI is InChI=1S/C22H21N3O2/c1-15-7-6-10-19(21(15)24-2)20(23)16-11-13-17(14-12-16)25-22(26)27-18-8-4-3-5-9-18/h3-14,23-24H,1-2H3,(H,25,26). The normalized spacial score (nSPS) is 10.1. The van der Waals surface area contributed by atoms with E-state index in [1.807, 2.05) is 50.4 Å². The van der Waals surface area contributed by atoms with Crippen LogP contribution < -0.4 is 15.4 Å². The number of para-hydroxylation sites is 2. The van der Waals surface area contributed by atoms with Gasteiger partial charge in [-0.1, -0.05) is 48.5 Å². The van der Waals surface area contributed by atoms with Crippen LogP contribution in [-0.2, 0) is 0 Å². The van der Waals surface area contributed by atoms with Crippen LogP contribution in [0.2, 0.25) is 0 Å². The van der Waals surface area contributed by atoms with Crippen molar-refractivity contribution in [3.05, 3.63) is 89.5 Å². The van der Waals surface area contributed by atoms with Gasteiger partial charge in [0.05, 0.1) is 5.71 Å². The van der Waals surface area contributed by atoms with E-state index in [0.29, 0.717) is 17.1 Å². The van der Waals surface area contributed by atoms with Crippen molar-refractivity contribution in [2.45, 2.75) is 6.92 Å². The Hall–Kier alpha value is -3.60. The SMILES string of the molecule is CNc1c(C)cccc1C(=N)c1ccc(NC(=O)Oc2ccccc2)cc1. The van der Waals surface area contributed by atoms with E-state index in [1.54, 1.807) is 36.4 Å². The molecule has 0 aromatic heterocycles. The van der Waals surface area contributed by atoms with E-state index in [-0.39, 0.29) is 0 Å². The third kappa shape index (κ3) is 4.33. The van der Waals surface area contributed by atoms with Gasteiger partial charge in [-0.25, -0.2) is 4.79 Å². The second kappa shape index (κ2) is 8.19. The number of nitrogens with one attached hydrogen (secondary N) is 3. The number of ether oxygens (including phenoxy) is 1. The molecule has 3 aromatic carbocycles. The van der Waals surface area contributed by atoms with Crippen LogP contribution in [0.4, 0.5) is 16.2 Å². The van der Waals surface area contributed by atoms with Gasteiger partial charge >= 0.3 is 6.09 Å². The Morgan fingerprint density at radius 2 is 1.63 bits per heavy atom. The number of rotatable bonds is 5. The Morgan fingerprint density at radius 3 is 2.30 bits per heavy atom. The maximum Gasteiger partial charge on any atom is 0.417 e. The lowest BCUT2D eigenvalue weighted by Gasteiger charge is -2.13. The largest absolute Gasteiger partial charge is 0.417 e. The maximum absolute atomic E-state index is 12.0. The first-order valence-electron chi connectivity index (χ1n) is 8.59. The van der Waals surface area contributed by atoms with Crippen molar-refractivity contribution in [2.75, 3.05) is 17.7 Å². The molecule has 136 valence electrons. The smallest absolute Gasteiger partial charge is 0.410 e. The minimum absolute atomic E-state index is 0.418. The zero-order valence-corrected chi connectivity index (χ0v) is 15.2. The summed E-state index contributed by atoms with van der Waals surface area (Å²) in [6.07, 6.45) is -0.555. The predicted molar refractivity (Wildman–Crippen MR) is 109 cm³/mol. The van der Waals surface area contributed by atoms with Crippen molar-refractivity contribution in [2.24, 2.45) is 0 Å². The summed E-state index contributed by atoms with van der Waals surface area (Å²) in [6, 6.07) is 21.9. The Morgan fingerprint density at radius 1 is 0.926 bits per heavy atom. The highest BCUT2D eigenvalue weighted by Gasteiger charge is 2.12. The molecule has 0 aliphatic heterocycles. The zero-order valence-electron chi connectivity index (χ0n) is 15.2. The minimum Gasteiger partial charge on any atom is -0.410 e. The summed E-state index contributed by atoms with van der Waals surface area (Å²) in [4.78, 5) is 12.0. The van der Waals surface area contributed by atoms with Crippen molar-refractivity contribution in [3.63, 3.8) is 0 Å². The van der Waals surface area contributed by atoms with Gasteiger partial charge in [-0.3, -0.25) is 10.7 Å². The van der Waals surface area contributed by atoms with Gasteiger partial charge in [-0.2, -0.15) is 0 Å². The van der Waals surface area contributed by atoms with Crippen molar-refractivity contribution in [3.8, 4) is 5.75 Å². The molecule has 1 amide bonds. The summed E-state index contributed by atoms with van der Waals surface area (Å²) in [5.41, 5.74) is 4.64. The molecular weight excluding hydrogens is 338 g/mol. The molecule has 0 saturated heterocycles. The Kier molecular flexibility index (Phi) is 5.52. The second-order valence-electron chi connectivity index (χ2n) is 6.03. The molecule has 0 aliphatic carbocycles. The summed E-state index contributed by atoms with van der Waals surface area (Å²) in [5.74, 6) is 0.479. The van der Waals surface area contributed by atoms with Gasteiger partial charge in [-0.05, 0) is 36.8 Å². The first-order valence-corrected chi connectivity index (χ1v) is 8.59. The van der Waals surface area contributed by atoms with E-state index < -0.39 is 6.09 Å². The van der Waals surface area contributed by atoms with Gasteiger partial charge in [0, 0.05) is 29.5 Å². The Bertz CT molecular complexity index is 951. The Labute approximate surface area is 158 Å². The van der Waals surface area contributed by atoms with Gasteiger partial charge in [0.1, 0.15) is 5.75 Å². The molecule has 27 heavy (non-hydrogen) atoms. The fraction of sp³-hybridized carbons (Fsp3) is 0.0909. The van der Waals surface area contributed by atoms with Crippen LogP contribution in [0.3, 0.4) is 0 Å². The van der Waals surface area contributed by atoms with Gasteiger partial charge in [0.2, 0.25) is 0 Å². The molecule has 0 heterocycles. The molecule has 5 nitrogen and oxygen atoms in total. The van der Waals surface area contributed by atoms with E-state index >= 15 is 0 Å². The van der Waals surface area contributed by atoms with Gasteiger partial charge in [0.25, 0.3) is 0 Å². The van der Waals surface area contributed by atoms with Crippen LogP contribution >= 0.6 is 0 Å². The third-order valence-corrected chi connectivity index (χ3v) is 4.17. The van der Waals surface area contributed by atoms with E-state index in [2.05, 4.69) is 10.6 Å². The molecule has 0 spiro atoms. The lowest BCUT2D eigenvalue weighted by atomic mass is 9.98. The second-order valence-corrected chi connectivity index (χ2v) is 6.03. The van der Waals surface area contributed by atoms with Gasteiger partial charge in [0.15, 0.2) is 0 Å². The first kappa shape index (κ1) is 18.2. The minimum atomic E-state index is -0.555. The van der Waals surface area contributed by atoms with Crippen LogP contribution in [0, 0.1) is 12.3 Å². The topological polar surface area (TPSA) is 74.2 Å². The number of amides is 1. The molecule has 0 atom stereocenters. The molecule has 5 heteroatoms. The molecule has 0 bridgehead atoms. The fourth-order valence-electron chi connectivity index (χ4n) is 2.82. The third-order valence-electron chi connectivity index (χ3n) is 4.17. The van der Waals surface area contributed by atoms with Crippen LogP contribution in [0.15, 0.2) is 72.8 Å². The van der Waals surface area contributed by atoms with E-state index in [4.69, 9.17) is 10.1 Å². The number of carbonyl (C=O) groups is 1. The lowest BCUT2D eigenvalue weighted by Crippen LogP contribution is -2.16. The number of benzene rings is 3. The molecule has 0 fully saturated rings. The first-order chi connectivity index (χ1) is 13.1. The average molecular weight is 359 g/mol. The van der Waals surface area contributed by atoms with Gasteiger partial charge < -0.3 is 10.1 Å². The van der Waals surface area contributed by atoms with Crippen molar-refractivity contribution in [1.82, 2.24) is 0 Å². The molecule has 3 aromatic rings. The van der Waals surface area contributed by atoms with Crippen LogP contribution in [0.25, 0.3) is 0 Å². The Balaban J connectivity index is 1.71. The van der Waals surface area contributed by atoms with E-state index in [9.17, 15) is 4.79 Å². The molecule has 0 aliphatic rings. The van der Waals surface area contributed by atoms with E-state index in [0.717, 1.165) is 22.4 Å². The molecule has 3 rings (SSSR count). The summed E-state index contributed by atoms with van der Waals surface area (Å²) in [6.45, 7) is 2.01. The van der Waals surface area contributed by atoms with Crippen molar-refractivity contribution >= 4 is 23.2 Å².